The monoisotopic (exact) mass is 398 g/mol. The number of piperidine rings is 1. The zero-order chi connectivity index (χ0) is 20.8. The molecule has 1 aromatic heterocycles. The van der Waals surface area contributed by atoms with Gasteiger partial charge in [0.1, 0.15) is 18.2 Å². The lowest BCUT2D eigenvalue weighted by molar-refractivity contribution is -0.136. The number of amides is 2. The Bertz CT molecular complexity index is 869. The third kappa shape index (κ3) is 5.08. The van der Waals surface area contributed by atoms with Crippen molar-refractivity contribution in [2.75, 3.05) is 39.2 Å². The first-order chi connectivity index (χ1) is 14.0. The van der Waals surface area contributed by atoms with Crippen molar-refractivity contribution in [3.63, 3.8) is 0 Å². The molecule has 154 valence electrons. The lowest BCUT2D eigenvalue weighted by atomic mass is 9.97. The summed E-state index contributed by atoms with van der Waals surface area (Å²) < 4.78 is 10.1. The molecule has 0 saturated carbocycles. The zero-order valence-corrected chi connectivity index (χ0v) is 17.0. The highest BCUT2D eigenvalue weighted by molar-refractivity contribution is 6.04. The van der Waals surface area contributed by atoms with Gasteiger partial charge in [-0.2, -0.15) is 0 Å². The molecule has 0 aliphatic carbocycles. The Morgan fingerprint density at radius 3 is 2.66 bits per heavy atom. The van der Waals surface area contributed by atoms with Gasteiger partial charge in [0, 0.05) is 38.0 Å². The molecule has 29 heavy (non-hydrogen) atoms. The van der Waals surface area contributed by atoms with Crippen molar-refractivity contribution in [2.24, 2.45) is 0 Å². The number of aryl methyl sites for hydroxylation is 1. The van der Waals surface area contributed by atoms with E-state index in [1.165, 1.54) is 7.11 Å². The molecule has 8 heteroatoms. The van der Waals surface area contributed by atoms with Crippen LogP contribution in [0.4, 0.5) is 5.69 Å². The van der Waals surface area contributed by atoms with E-state index in [4.69, 9.17) is 9.47 Å². The summed E-state index contributed by atoms with van der Waals surface area (Å²) in [6.45, 7) is 3.17. The molecule has 1 aliphatic heterocycles. The fraction of sp³-hybridized carbons (Fsp3) is 0.429. The van der Waals surface area contributed by atoms with Gasteiger partial charge in [0.15, 0.2) is 0 Å². The molecule has 1 N–H and O–H groups in total. The predicted molar refractivity (Wildman–Crippen MR) is 108 cm³/mol. The summed E-state index contributed by atoms with van der Waals surface area (Å²) in [6, 6.07) is 7.10. The van der Waals surface area contributed by atoms with Crippen LogP contribution in [-0.4, -0.2) is 60.6 Å². The van der Waals surface area contributed by atoms with E-state index in [9.17, 15) is 9.59 Å². The number of carbonyl (C=O) groups excluding carboxylic acids is 2. The second-order valence-electron chi connectivity index (χ2n) is 7.02. The molecule has 0 radical (unpaired) electrons. The molecular weight excluding hydrogens is 372 g/mol. The van der Waals surface area contributed by atoms with Crippen LogP contribution in [0.25, 0.3) is 0 Å². The predicted octanol–water partition coefficient (Wildman–Crippen LogP) is 2.40. The van der Waals surface area contributed by atoms with Crippen LogP contribution in [0.2, 0.25) is 0 Å². The lowest BCUT2D eigenvalue weighted by Crippen LogP contribution is -2.41. The van der Waals surface area contributed by atoms with Crippen LogP contribution < -0.4 is 10.1 Å². The molecule has 1 atom stereocenters. The van der Waals surface area contributed by atoms with Crippen LogP contribution in [0.1, 0.15) is 40.6 Å². The van der Waals surface area contributed by atoms with Gasteiger partial charge in [0.2, 0.25) is 5.91 Å². The number of likely N-dealkylation sites (tertiary alicyclic amines) is 1. The molecule has 1 aliphatic rings. The van der Waals surface area contributed by atoms with E-state index >= 15 is 0 Å². The Morgan fingerprint density at radius 1 is 1.24 bits per heavy atom. The summed E-state index contributed by atoms with van der Waals surface area (Å²) in [4.78, 5) is 35.5. The number of nitrogens with one attached hydrogen (secondary N) is 1. The molecule has 1 saturated heterocycles. The third-order valence-electron chi connectivity index (χ3n) is 5.00. The van der Waals surface area contributed by atoms with Crippen LogP contribution in [0, 0.1) is 6.92 Å². The van der Waals surface area contributed by atoms with Crippen molar-refractivity contribution in [3.8, 4) is 5.75 Å². The number of nitrogens with zero attached hydrogens (tertiary/aromatic N) is 3. The van der Waals surface area contributed by atoms with E-state index < -0.39 is 0 Å². The average Bonchev–Trinajstić information content (AvgIpc) is 2.74. The quantitative estimate of drug-likeness (QED) is 0.803. The fourth-order valence-corrected chi connectivity index (χ4v) is 3.41. The summed E-state index contributed by atoms with van der Waals surface area (Å²) in [5, 5.41) is 2.84. The van der Waals surface area contributed by atoms with Gasteiger partial charge in [0.25, 0.3) is 5.91 Å². The van der Waals surface area contributed by atoms with Gasteiger partial charge in [0.05, 0.1) is 18.4 Å². The third-order valence-corrected chi connectivity index (χ3v) is 5.00. The Kier molecular flexibility index (Phi) is 6.77. The number of methoxy groups -OCH3 is 2. The minimum absolute atomic E-state index is 0.0237. The first kappa shape index (κ1) is 20.7. The number of benzene rings is 1. The standard InChI is InChI=1S/C21H26N4O4/c1-14-18(21(27)24-16-6-8-17(29-3)9-7-16)11-22-20(23-14)15-5-4-10-25(12-15)19(26)13-28-2/h6-9,11,15H,4-5,10,12-13H2,1-3H3,(H,24,27)/t15-/m1/s1. The largest absolute Gasteiger partial charge is 0.497 e. The van der Waals surface area contributed by atoms with E-state index in [-0.39, 0.29) is 24.3 Å². The molecule has 2 aromatic rings. The van der Waals surface area contributed by atoms with Crippen molar-refractivity contribution >= 4 is 17.5 Å². The summed E-state index contributed by atoms with van der Waals surface area (Å²) in [5.74, 6) is 1.15. The molecular formula is C21H26N4O4. The van der Waals surface area contributed by atoms with E-state index in [2.05, 4.69) is 15.3 Å². The highest BCUT2D eigenvalue weighted by atomic mass is 16.5. The second kappa shape index (κ2) is 9.47. The second-order valence-corrected chi connectivity index (χ2v) is 7.02. The highest BCUT2D eigenvalue weighted by Crippen LogP contribution is 2.25. The average molecular weight is 398 g/mol. The number of hydrogen-bond acceptors (Lipinski definition) is 6. The number of rotatable bonds is 6. The van der Waals surface area contributed by atoms with E-state index in [0.29, 0.717) is 29.3 Å². The maximum Gasteiger partial charge on any atom is 0.259 e. The highest BCUT2D eigenvalue weighted by Gasteiger charge is 2.27. The number of carbonyl (C=O) groups is 2. The van der Waals surface area contributed by atoms with Gasteiger partial charge >= 0.3 is 0 Å². The maximum absolute atomic E-state index is 12.6. The van der Waals surface area contributed by atoms with Gasteiger partial charge < -0.3 is 19.7 Å². The molecule has 3 rings (SSSR count). The summed E-state index contributed by atoms with van der Waals surface area (Å²) in [5.41, 5.74) is 1.70. The molecule has 0 spiro atoms. The van der Waals surface area contributed by atoms with Crippen molar-refractivity contribution in [2.45, 2.75) is 25.7 Å². The number of hydrogen-bond donors (Lipinski definition) is 1. The Hall–Kier alpha value is -3.00. The van der Waals surface area contributed by atoms with Gasteiger partial charge in [-0.3, -0.25) is 9.59 Å². The molecule has 1 fully saturated rings. The number of anilines is 1. The SMILES string of the molecule is COCC(=O)N1CCC[C@@H](c2ncc(C(=O)Nc3ccc(OC)cc3)c(C)n2)C1. The van der Waals surface area contributed by atoms with Crippen molar-refractivity contribution < 1.29 is 19.1 Å². The number of aromatic nitrogens is 2. The van der Waals surface area contributed by atoms with Crippen LogP contribution >= 0.6 is 0 Å². The summed E-state index contributed by atoms with van der Waals surface area (Å²) in [6.07, 6.45) is 3.36. The smallest absolute Gasteiger partial charge is 0.259 e. The van der Waals surface area contributed by atoms with E-state index in [0.717, 1.165) is 25.1 Å². The summed E-state index contributed by atoms with van der Waals surface area (Å²) in [7, 11) is 3.11. The van der Waals surface area contributed by atoms with Gasteiger partial charge in [-0.05, 0) is 44.0 Å². The van der Waals surface area contributed by atoms with Crippen LogP contribution in [-0.2, 0) is 9.53 Å². The van der Waals surface area contributed by atoms with Gasteiger partial charge in [-0.25, -0.2) is 9.97 Å². The molecule has 1 aromatic carbocycles. The van der Waals surface area contributed by atoms with E-state index in [1.807, 2.05) is 0 Å². The van der Waals surface area contributed by atoms with E-state index in [1.54, 1.807) is 49.4 Å². The van der Waals surface area contributed by atoms with Crippen LogP contribution in [0.5, 0.6) is 5.75 Å². The Morgan fingerprint density at radius 2 is 2.00 bits per heavy atom. The van der Waals surface area contributed by atoms with Crippen molar-refractivity contribution in [1.82, 2.24) is 14.9 Å². The minimum Gasteiger partial charge on any atom is -0.497 e. The normalized spacial score (nSPS) is 16.4. The zero-order valence-electron chi connectivity index (χ0n) is 17.0. The maximum atomic E-state index is 12.6. The summed E-state index contributed by atoms with van der Waals surface area (Å²) >= 11 is 0. The van der Waals surface area contributed by atoms with Crippen LogP contribution in [0.3, 0.4) is 0 Å². The van der Waals surface area contributed by atoms with Gasteiger partial charge in [-0.15, -0.1) is 0 Å². The number of ether oxygens (including phenoxy) is 2. The van der Waals surface area contributed by atoms with Gasteiger partial charge in [-0.1, -0.05) is 0 Å². The molecule has 8 nitrogen and oxygen atoms in total. The molecule has 0 bridgehead atoms. The topological polar surface area (TPSA) is 93.7 Å². The van der Waals surface area contributed by atoms with Crippen LogP contribution in [0.15, 0.2) is 30.5 Å². The first-order valence-corrected chi connectivity index (χ1v) is 9.57. The molecule has 2 heterocycles. The minimum atomic E-state index is -0.264. The molecule has 2 amide bonds. The molecule has 0 unspecified atom stereocenters. The first-order valence-electron chi connectivity index (χ1n) is 9.57. The Balaban J connectivity index is 1.69. The Labute approximate surface area is 170 Å². The lowest BCUT2D eigenvalue weighted by Gasteiger charge is -2.32. The fourth-order valence-electron chi connectivity index (χ4n) is 3.41. The van der Waals surface area contributed by atoms with Crippen molar-refractivity contribution in [3.05, 3.63) is 47.5 Å². The van der Waals surface area contributed by atoms with Crippen molar-refractivity contribution in [1.29, 1.82) is 0 Å².